The molecule has 0 radical (unpaired) electrons. The highest BCUT2D eigenvalue weighted by Crippen LogP contribution is 2.31. The third-order valence-corrected chi connectivity index (χ3v) is 3.59. The van der Waals surface area contributed by atoms with E-state index < -0.39 is 0 Å². The molecule has 1 aliphatic rings. The SMILES string of the molecule is c1ccc(COc2ccccc2[C@H]2CCCN2)cc1. The van der Waals surface area contributed by atoms with Crippen LogP contribution >= 0.6 is 0 Å². The highest BCUT2D eigenvalue weighted by atomic mass is 16.5. The Kier molecular flexibility index (Phi) is 3.80. The van der Waals surface area contributed by atoms with Crippen molar-refractivity contribution in [2.45, 2.75) is 25.5 Å². The van der Waals surface area contributed by atoms with Gasteiger partial charge in [-0.3, -0.25) is 0 Å². The predicted octanol–water partition coefficient (Wildman–Crippen LogP) is 3.69. The van der Waals surface area contributed by atoms with E-state index in [0.29, 0.717) is 12.6 Å². The monoisotopic (exact) mass is 253 g/mol. The lowest BCUT2D eigenvalue weighted by atomic mass is 10.0. The van der Waals surface area contributed by atoms with Crippen LogP contribution in [0, 0.1) is 0 Å². The molecule has 1 atom stereocenters. The highest BCUT2D eigenvalue weighted by molar-refractivity contribution is 5.36. The summed E-state index contributed by atoms with van der Waals surface area (Å²) in [5.41, 5.74) is 2.49. The van der Waals surface area contributed by atoms with Crippen LogP contribution in [0.25, 0.3) is 0 Å². The van der Waals surface area contributed by atoms with Gasteiger partial charge in [-0.25, -0.2) is 0 Å². The summed E-state index contributed by atoms with van der Waals surface area (Å²) in [4.78, 5) is 0. The van der Waals surface area contributed by atoms with Crippen LogP contribution in [0.15, 0.2) is 54.6 Å². The smallest absolute Gasteiger partial charge is 0.124 e. The van der Waals surface area contributed by atoms with Crippen molar-refractivity contribution in [3.8, 4) is 5.75 Å². The molecule has 98 valence electrons. The summed E-state index contributed by atoms with van der Waals surface area (Å²) in [7, 11) is 0. The van der Waals surface area contributed by atoms with Gasteiger partial charge in [0, 0.05) is 11.6 Å². The summed E-state index contributed by atoms with van der Waals surface area (Å²) in [5, 5.41) is 3.53. The molecule has 1 fully saturated rings. The zero-order valence-corrected chi connectivity index (χ0v) is 11.0. The number of hydrogen-bond donors (Lipinski definition) is 1. The lowest BCUT2D eigenvalue weighted by Gasteiger charge is -2.16. The van der Waals surface area contributed by atoms with Crippen molar-refractivity contribution < 1.29 is 4.74 Å². The predicted molar refractivity (Wildman–Crippen MR) is 77.2 cm³/mol. The van der Waals surface area contributed by atoms with E-state index in [1.54, 1.807) is 0 Å². The van der Waals surface area contributed by atoms with Crippen molar-refractivity contribution in [3.05, 3.63) is 65.7 Å². The zero-order valence-electron chi connectivity index (χ0n) is 11.0. The van der Waals surface area contributed by atoms with E-state index in [1.165, 1.54) is 24.0 Å². The first-order chi connectivity index (χ1) is 9.43. The van der Waals surface area contributed by atoms with Crippen molar-refractivity contribution in [2.24, 2.45) is 0 Å². The van der Waals surface area contributed by atoms with Crippen molar-refractivity contribution in [1.82, 2.24) is 5.32 Å². The third-order valence-electron chi connectivity index (χ3n) is 3.59. The van der Waals surface area contributed by atoms with Gasteiger partial charge in [-0.2, -0.15) is 0 Å². The van der Waals surface area contributed by atoms with Crippen molar-refractivity contribution in [3.63, 3.8) is 0 Å². The van der Waals surface area contributed by atoms with Gasteiger partial charge in [-0.1, -0.05) is 48.5 Å². The molecule has 2 nitrogen and oxygen atoms in total. The summed E-state index contributed by atoms with van der Waals surface area (Å²) in [6.07, 6.45) is 2.45. The maximum absolute atomic E-state index is 6.00. The normalized spacial score (nSPS) is 18.4. The fraction of sp³-hybridized carbons (Fsp3) is 0.294. The molecule has 1 heterocycles. The molecule has 1 N–H and O–H groups in total. The second-order valence-corrected chi connectivity index (χ2v) is 4.96. The van der Waals surface area contributed by atoms with E-state index in [2.05, 4.69) is 35.6 Å². The minimum absolute atomic E-state index is 0.451. The van der Waals surface area contributed by atoms with Gasteiger partial charge in [0.05, 0.1) is 0 Å². The summed E-state index contributed by atoms with van der Waals surface area (Å²) < 4.78 is 6.00. The van der Waals surface area contributed by atoms with Gasteiger partial charge in [-0.15, -0.1) is 0 Å². The number of rotatable bonds is 4. The van der Waals surface area contributed by atoms with Gasteiger partial charge >= 0.3 is 0 Å². The molecule has 2 heteroatoms. The minimum Gasteiger partial charge on any atom is -0.489 e. The Labute approximate surface area is 114 Å². The van der Waals surface area contributed by atoms with E-state index in [4.69, 9.17) is 4.74 Å². The van der Waals surface area contributed by atoms with Crippen LogP contribution in [0.3, 0.4) is 0 Å². The van der Waals surface area contributed by atoms with Crippen LogP contribution in [-0.4, -0.2) is 6.54 Å². The van der Waals surface area contributed by atoms with Crippen molar-refractivity contribution >= 4 is 0 Å². The fourth-order valence-electron chi connectivity index (χ4n) is 2.59. The molecule has 2 aromatic carbocycles. The largest absolute Gasteiger partial charge is 0.489 e. The van der Waals surface area contributed by atoms with E-state index in [1.807, 2.05) is 24.3 Å². The Balaban J connectivity index is 1.73. The molecule has 0 saturated carbocycles. The van der Waals surface area contributed by atoms with E-state index in [9.17, 15) is 0 Å². The quantitative estimate of drug-likeness (QED) is 0.897. The van der Waals surface area contributed by atoms with Crippen LogP contribution in [0.5, 0.6) is 5.75 Å². The zero-order chi connectivity index (χ0) is 12.9. The summed E-state index contributed by atoms with van der Waals surface area (Å²) >= 11 is 0. The molecule has 1 saturated heterocycles. The van der Waals surface area contributed by atoms with E-state index in [-0.39, 0.29) is 0 Å². The Morgan fingerprint density at radius 3 is 2.58 bits per heavy atom. The number of hydrogen-bond acceptors (Lipinski definition) is 2. The maximum Gasteiger partial charge on any atom is 0.124 e. The molecule has 0 amide bonds. The van der Waals surface area contributed by atoms with Gasteiger partial charge in [0.25, 0.3) is 0 Å². The van der Waals surface area contributed by atoms with Crippen LogP contribution in [0.4, 0.5) is 0 Å². The van der Waals surface area contributed by atoms with Gasteiger partial charge in [0.15, 0.2) is 0 Å². The lowest BCUT2D eigenvalue weighted by molar-refractivity contribution is 0.300. The molecule has 2 aromatic rings. The molecule has 0 bridgehead atoms. The minimum atomic E-state index is 0.451. The number of benzene rings is 2. The first-order valence-corrected chi connectivity index (χ1v) is 6.92. The number of nitrogens with one attached hydrogen (secondary N) is 1. The highest BCUT2D eigenvalue weighted by Gasteiger charge is 2.19. The second-order valence-electron chi connectivity index (χ2n) is 4.96. The average Bonchev–Trinajstić information content (AvgIpc) is 3.01. The van der Waals surface area contributed by atoms with Crippen molar-refractivity contribution in [2.75, 3.05) is 6.54 Å². The standard InChI is InChI=1S/C17H19NO/c1-2-7-14(8-3-1)13-19-17-11-5-4-9-15(17)16-10-6-12-18-16/h1-5,7-9,11,16,18H,6,10,12-13H2/t16-/m1/s1. The molecule has 0 spiro atoms. The molecule has 3 rings (SSSR count). The first kappa shape index (κ1) is 12.2. The van der Waals surface area contributed by atoms with E-state index in [0.717, 1.165) is 12.3 Å². The maximum atomic E-state index is 6.00. The molecular weight excluding hydrogens is 234 g/mol. The van der Waals surface area contributed by atoms with Gasteiger partial charge < -0.3 is 10.1 Å². The van der Waals surface area contributed by atoms with Crippen LogP contribution in [-0.2, 0) is 6.61 Å². The molecule has 19 heavy (non-hydrogen) atoms. The fourth-order valence-corrected chi connectivity index (χ4v) is 2.59. The van der Waals surface area contributed by atoms with Gasteiger partial charge in [0.2, 0.25) is 0 Å². The summed E-state index contributed by atoms with van der Waals surface area (Å²) in [5.74, 6) is 1.01. The Bertz CT molecular complexity index is 518. The van der Waals surface area contributed by atoms with Crippen LogP contribution < -0.4 is 10.1 Å². The average molecular weight is 253 g/mol. The molecule has 1 aliphatic heterocycles. The second kappa shape index (κ2) is 5.89. The topological polar surface area (TPSA) is 21.3 Å². The number of ether oxygens (including phenoxy) is 1. The Morgan fingerprint density at radius 2 is 1.79 bits per heavy atom. The first-order valence-electron chi connectivity index (χ1n) is 6.92. The lowest BCUT2D eigenvalue weighted by Crippen LogP contribution is -2.14. The third kappa shape index (κ3) is 2.96. The van der Waals surface area contributed by atoms with Gasteiger partial charge in [0.1, 0.15) is 12.4 Å². The Morgan fingerprint density at radius 1 is 1.00 bits per heavy atom. The summed E-state index contributed by atoms with van der Waals surface area (Å²) in [6.45, 7) is 1.74. The molecule has 0 unspecified atom stereocenters. The van der Waals surface area contributed by atoms with E-state index >= 15 is 0 Å². The molecular formula is C17H19NO. The Hall–Kier alpha value is -1.80. The molecule has 0 aliphatic carbocycles. The van der Waals surface area contributed by atoms with Gasteiger partial charge in [-0.05, 0) is 31.0 Å². The van der Waals surface area contributed by atoms with Crippen LogP contribution in [0.1, 0.15) is 30.0 Å². The van der Waals surface area contributed by atoms with Crippen LogP contribution in [0.2, 0.25) is 0 Å². The molecule has 0 aromatic heterocycles. The van der Waals surface area contributed by atoms with Crippen molar-refractivity contribution in [1.29, 1.82) is 0 Å². The summed E-state index contributed by atoms with van der Waals surface area (Å²) in [6, 6.07) is 19.1. The number of para-hydroxylation sites is 1.